The summed E-state index contributed by atoms with van der Waals surface area (Å²) in [6, 6.07) is 0. The minimum absolute atomic E-state index is 0.393. The third kappa shape index (κ3) is 2.21. The summed E-state index contributed by atoms with van der Waals surface area (Å²) in [6.45, 7) is 6.19. The number of hydrogen-bond acceptors (Lipinski definition) is 2. The molecular weight excluding hydrogens is 135 g/mol. The fourth-order valence-electron chi connectivity index (χ4n) is 1.09. The normalized spacial score (nSPS) is 45.0. The molecule has 0 aliphatic carbocycles. The summed E-state index contributed by atoms with van der Waals surface area (Å²) in [5.41, 5.74) is 0. The molecule has 0 spiro atoms. The molecule has 0 radical (unpaired) electrons. The molecule has 0 unspecified atom stereocenters. The molecule has 9 heavy (non-hydrogen) atoms. The molecule has 2 atom stereocenters. The molecule has 0 aromatic rings. The number of hydrogen-bond donors (Lipinski definition) is 0. The van der Waals surface area contributed by atoms with Crippen molar-refractivity contribution in [3.05, 3.63) is 0 Å². The van der Waals surface area contributed by atoms with E-state index >= 15 is 0 Å². The van der Waals surface area contributed by atoms with E-state index in [1.54, 1.807) is 0 Å². The number of rotatable bonds is 0. The van der Waals surface area contributed by atoms with Crippen molar-refractivity contribution in [3.8, 4) is 0 Å². The zero-order valence-corrected chi connectivity index (χ0v) is 7.02. The molecule has 1 aliphatic rings. The van der Waals surface area contributed by atoms with Crippen LogP contribution in [0.5, 0.6) is 0 Å². The van der Waals surface area contributed by atoms with E-state index in [1.807, 2.05) is 6.66 Å². The van der Waals surface area contributed by atoms with Crippen molar-refractivity contribution in [2.75, 3.05) is 6.66 Å². The molecule has 0 bridgehead atoms. The largest absolute Gasteiger partial charge is 0.331 e. The van der Waals surface area contributed by atoms with Crippen molar-refractivity contribution >= 4 is 8.38 Å². The van der Waals surface area contributed by atoms with Crippen molar-refractivity contribution in [1.29, 1.82) is 0 Å². The van der Waals surface area contributed by atoms with Crippen LogP contribution in [0.2, 0.25) is 0 Å². The highest BCUT2D eigenvalue weighted by atomic mass is 31.2. The van der Waals surface area contributed by atoms with Crippen LogP contribution in [0.15, 0.2) is 0 Å². The first-order valence-electron chi connectivity index (χ1n) is 3.25. The van der Waals surface area contributed by atoms with Gasteiger partial charge in [0.25, 0.3) is 0 Å². The second-order valence-electron chi connectivity index (χ2n) is 2.51. The molecular formula is C6H13O2P. The van der Waals surface area contributed by atoms with Gasteiger partial charge in [0.05, 0.1) is 12.2 Å². The van der Waals surface area contributed by atoms with Crippen LogP contribution in [0.4, 0.5) is 0 Å². The van der Waals surface area contributed by atoms with E-state index < -0.39 is 8.38 Å². The second-order valence-corrected chi connectivity index (χ2v) is 3.81. The van der Waals surface area contributed by atoms with Gasteiger partial charge in [-0.05, 0) is 13.8 Å². The Balaban J connectivity index is 2.34. The van der Waals surface area contributed by atoms with Gasteiger partial charge in [-0.25, -0.2) is 0 Å². The van der Waals surface area contributed by atoms with Gasteiger partial charge < -0.3 is 9.05 Å². The van der Waals surface area contributed by atoms with Crippen molar-refractivity contribution in [1.82, 2.24) is 0 Å². The zero-order chi connectivity index (χ0) is 6.85. The van der Waals surface area contributed by atoms with E-state index in [2.05, 4.69) is 13.8 Å². The van der Waals surface area contributed by atoms with Crippen molar-refractivity contribution in [2.24, 2.45) is 0 Å². The maximum Gasteiger partial charge on any atom is 0.167 e. The first kappa shape index (κ1) is 7.46. The van der Waals surface area contributed by atoms with Crippen LogP contribution >= 0.6 is 8.38 Å². The lowest BCUT2D eigenvalue weighted by Crippen LogP contribution is -2.21. The van der Waals surface area contributed by atoms with Gasteiger partial charge in [-0.15, -0.1) is 0 Å². The molecule has 54 valence electrons. The highest BCUT2D eigenvalue weighted by molar-refractivity contribution is 7.46. The van der Waals surface area contributed by atoms with Gasteiger partial charge in [-0.1, -0.05) is 0 Å². The summed E-state index contributed by atoms with van der Waals surface area (Å²) in [4.78, 5) is 0. The van der Waals surface area contributed by atoms with Crippen LogP contribution in [0.3, 0.4) is 0 Å². The van der Waals surface area contributed by atoms with Gasteiger partial charge >= 0.3 is 0 Å². The summed E-state index contributed by atoms with van der Waals surface area (Å²) in [6.07, 6.45) is 1.82. The maximum atomic E-state index is 5.40. The predicted molar refractivity (Wildman–Crippen MR) is 38.6 cm³/mol. The summed E-state index contributed by atoms with van der Waals surface area (Å²) < 4.78 is 10.8. The van der Waals surface area contributed by atoms with E-state index in [-0.39, 0.29) is 0 Å². The predicted octanol–water partition coefficient (Wildman–Crippen LogP) is 2.14. The topological polar surface area (TPSA) is 18.5 Å². The SMILES string of the molecule is C[C@H]1C[C@H](C)OP(C)O1. The lowest BCUT2D eigenvalue weighted by molar-refractivity contribution is 0.0748. The van der Waals surface area contributed by atoms with Crippen LogP contribution < -0.4 is 0 Å². The first-order chi connectivity index (χ1) is 4.18. The Bertz CT molecular complexity index is 72.0. The Morgan fingerprint density at radius 3 is 2.00 bits per heavy atom. The van der Waals surface area contributed by atoms with E-state index in [0.717, 1.165) is 6.42 Å². The summed E-state index contributed by atoms with van der Waals surface area (Å²) >= 11 is 0. The maximum absolute atomic E-state index is 5.40. The monoisotopic (exact) mass is 148 g/mol. The third-order valence-corrected chi connectivity index (χ3v) is 2.63. The average Bonchev–Trinajstić information content (AvgIpc) is 1.59. The first-order valence-corrected chi connectivity index (χ1v) is 4.88. The fraction of sp³-hybridized carbons (Fsp3) is 1.00. The lowest BCUT2D eigenvalue weighted by Gasteiger charge is -2.29. The highest BCUT2D eigenvalue weighted by Crippen LogP contribution is 2.42. The van der Waals surface area contributed by atoms with Crippen molar-refractivity contribution in [2.45, 2.75) is 32.5 Å². The molecule has 1 heterocycles. The molecule has 3 heteroatoms. The van der Waals surface area contributed by atoms with Gasteiger partial charge in [0, 0.05) is 13.1 Å². The average molecular weight is 148 g/mol. The molecule has 0 saturated carbocycles. The van der Waals surface area contributed by atoms with Gasteiger partial charge in [0.15, 0.2) is 8.38 Å². The molecule has 1 aliphatic heterocycles. The van der Waals surface area contributed by atoms with E-state index in [0.29, 0.717) is 12.2 Å². The molecule has 2 nitrogen and oxygen atoms in total. The van der Waals surface area contributed by atoms with Crippen LogP contribution in [-0.4, -0.2) is 18.9 Å². The zero-order valence-electron chi connectivity index (χ0n) is 6.13. The molecule has 0 amide bonds. The Hall–Kier alpha value is 0.350. The Kier molecular flexibility index (Phi) is 2.45. The minimum atomic E-state index is -0.570. The van der Waals surface area contributed by atoms with E-state index in [9.17, 15) is 0 Å². The molecule has 1 saturated heterocycles. The Morgan fingerprint density at radius 2 is 1.67 bits per heavy atom. The fourth-order valence-corrected chi connectivity index (χ4v) is 2.32. The van der Waals surface area contributed by atoms with E-state index in [4.69, 9.17) is 9.05 Å². The summed E-state index contributed by atoms with van der Waals surface area (Å²) in [5, 5.41) is 0. The molecule has 0 aromatic heterocycles. The van der Waals surface area contributed by atoms with Crippen LogP contribution in [0.25, 0.3) is 0 Å². The van der Waals surface area contributed by atoms with Crippen molar-refractivity contribution < 1.29 is 9.05 Å². The van der Waals surface area contributed by atoms with Gasteiger partial charge in [0.2, 0.25) is 0 Å². The van der Waals surface area contributed by atoms with E-state index in [1.165, 1.54) is 0 Å². The molecule has 0 N–H and O–H groups in total. The van der Waals surface area contributed by atoms with Crippen LogP contribution in [-0.2, 0) is 9.05 Å². The Morgan fingerprint density at radius 1 is 1.22 bits per heavy atom. The minimum Gasteiger partial charge on any atom is -0.331 e. The summed E-state index contributed by atoms with van der Waals surface area (Å²) in [5.74, 6) is 0. The van der Waals surface area contributed by atoms with Gasteiger partial charge in [-0.3, -0.25) is 0 Å². The third-order valence-electron chi connectivity index (χ3n) is 1.32. The van der Waals surface area contributed by atoms with Crippen LogP contribution in [0.1, 0.15) is 20.3 Å². The molecule has 0 aromatic carbocycles. The molecule has 1 rings (SSSR count). The molecule has 1 fully saturated rings. The van der Waals surface area contributed by atoms with Crippen molar-refractivity contribution in [3.63, 3.8) is 0 Å². The van der Waals surface area contributed by atoms with Gasteiger partial charge in [-0.2, -0.15) is 0 Å². The Labute approximate surface area is 57.5 Å². The van der Waals surface area contributed by atoms with Crippen LogP contribution in [0, 0.1) is 0 Å². The highest BCUT2D eigenvalue weighted by Gasteiger charge is 2.21. The lowest BCUT2D eigenvalue weighted by atomic mass is 10.2. The summed E-state index contributed by atoms with van der Waals surface area (Å²) in [7, 11) is -0.570. The van der Waals surface area contributed by atoms with Gasteiger partial charge in [0.1, 0.15) is 0 Å². The standard InChI is InChI=1S/C6H13O2P/c1-5-4-6(2)8-9(3)7-5/h5-6H,4H2,1-3H3/t5-,6-/m0/s1. The second kappa shape index (κ2) is 2.96. The smallest absolute Gasteiger partial charge is 0.167 e. The quantitative estimate of drug-likeness (QED) is 0.490.